The van der Waals surface area contributed by atoms with Crippen molar-refractivity contribution in [2.24, 2.45) is 0 Å². The number of carbonyl (C=O) groups is 2. The average molecular weight is 402 g/mol. The van der Waals surface area contributed by atoms with Gasteiger partial charge in [0.25, 0.3) is 11.5 Å². The van der Waals surface area contributed by atoms with Gasteiger partial charge in [-0.3, -0.25) is 19.0 Å². The maximum atomic E-state index is 12.7. The van der Waals surface area contributed by atoms with Crippen LogP contribution in [-0.4, -0.2) is 26.5 Å². The number of hydrogen-bond acceptors (Lipinski definition) is 6. The summed E-state index contributed by atoms with van der Waals surface area (Å²) >= 11 is 5.83. The summed E-state index contributed by atoms with van der Waals surface area (Å²) in [5.74, 6) is -1.94. The molecule has 2 aromatic heterocycles. The summed E-state index contributed by atoms with van der Waals surface area (Å²) in [5.41, 5.74) is 11.7. The van der Waals surface area contributed by atoms with E-state index in [1.807, 2.05) is 0 Å². The van der Waals surface area contributed by atoms with Crippen LogP contribution in [-0.2, 0) is 17.9 Å². The molecule has 144 valence electrons. The average Bonchev–Trinajstić information content (AvgIpc) is 2.65. The first kappa shape index (κ1) is 19.2. The van der Waals surface area contributed by atoms with Crippen LogP contribution in [0.25, 0.3) is 11.0 Å². The number of pyridine rings is 2. The highest BCUT2D eigenvalue weighted by Gasteiger charge is 2.19. The fraction of sp³-hybridized carbons (Fsp3) is 0.111. The Kier molecular flexibility index (Phi) is 5.18. The number of fused-ring (bicyclic) bond motifs is 1. The monoisotopic (exact) mass is 401 g/mol. The van der Waals surface area contributed by atoms with Crippen LogP contribution in [0.3, 0.4) is 0 Å². The first-order chi connectivity index (χ1) is 13.3. The molecule has 0 fully saturated rings. The van der Waals surface area contributed by atoms with Crippen LogP contribution in [0.4, 0.5) is 11.4 Å². The zero-order valence-electron chi connectivity index (χ0n) is 14.5. The third-order valence-corrected chi connectivity index (χ3v) is 4.34. The fourth-order valence-electron chi connectivity index (χ4n) is 2.68. The van der Waals surface area contributed by atoms with Crippen molar-refractivity contribution in [1.29, 1.82) is 0 Å². The molecule has 1 aromatic carbocycles. The van der Waals surface area contributed by atoms with Crippen molar-refractivity contribution in [1.82, 2.24) is 14.9 Å². The summed E-state index contributed by atoms with van der Waals surface area (Å²) in [5, 5.41) is 12.5. The minimum absolute atomic E-state index is 0.0355. The lowest BCUT2D eigenvalue weighted by Crippen LogP contribution is -2.34. The van der Waals surface area contributed by atoms with Gasteiger partial charge >= 0.3 is 5.97 Å². The third kappa shape index (κ3) is 3.74. The molecule has 1 amide bonds. The molecule has 0 bridgehead atoms. The Morgan fingerprint density at radius 1 is 1.21 bits per heavy atom. The molecule has 0 saturated carbocycles. The van der Waals surface area contributed by atoms with E-state index in [0.29, 0.717) is 5.02 Å². The van der Waals surface area contributed by atoms with Crippen LogP contribution >= 0.6 is 11.6 Å². The van der Waals surface area contributed by atoms with Gasteiger partial charge in [-0.1, -0.05) is 23.7 Å². The van der Waals surface area contributed by atoms with Crippen molar-refractivity contribution in [3.63, 3.8) is 0 Å². The van der Waals surface area contributed by atoms with Gasteiger partial charge in [0.1, 0.15) is 17.8 Å². The lowest BCUT2D eigenvalue weighted by molar-refractivity contribution is -0.137. The number of amides is 1. The quantitative estimate of drug-likeness (QED) is 0.501. The van der Waals surface area contributed by atoms with Crippen molar-refractivity contribution in [3.8, 4) is 0 Å². The number of aromatic nitrogens is 2. The van der Waals surface area contributed by atoms with Crippen molar-refractivity contribution in [2.75, 3.05) is 11.5 Å². The van der Waals surface area contributed by atoms with E-state index >= 15 is 0 Å². The molecule has 6 N–H and O–H groups in total. The van der Waals surface area contributed by atoms with E-state index in [1.54, 1.807) is 24.3 Å². The van der Waals surface area contributed by atoms with Crippen molar-refractivity contribution < 1.29 is 14.7 Å². The predicted octanol–water partition coefficient (Wildman–Crippen LogP) is 1.23. The Hall–Kier alpha value is -3.59. The summed E-state index contributed by atoms with van der Waals surface area (Å²) < 4.78 is 0.880. The minimum Gasteiger partial charge on any atom is -0.480 e. The van der Waals surface area contributed by atoms with Crippen LogP contribution in [0.5, 0.6) is 0 Å². The third-order valence-electron chi connectivity index (χ3n) is 4.09. The number of anilines is 2. The molecule has 0 spiro atoms. The molecule has 0 unspecified atom stereocenters. The zero-order chi connectivity index (χ0) is 20.4. The number of nitrogens with zero attached hydrogens (tertiary/aromatic N) is 2. The lowest BCUT2D eigenvalue weighted by atomic mass is 10.1. The van der Waals surface area contributed by atoms with E-state index in [9.17, 15) is 14.4 Å². The Morgan fingerprint density at radius 3 is 2.54 bits per heavy atom. The number of rotatable bonds is 5. The van der Waals surface area contributed by atoms with Gasteiger partial charge in [-0.25, -0.2) is 4.98 Å². The van der Waals surface area contributed by atoms with Gasteiger partial charge in [0.05, 0.1) is 17.6 Å². The molecule has 0 aliphatic heterocycles. The summed E-state index contributed by atoms with van der Waals surface area (Å²) in [7, 11) is 0. The second-order valence-corrected chi connectivity index (χ2v) is 6.45. The first-order valence-electron chi connectivity index (χ1n) is 8.10. The molecule has 9 nitrogen and oxygen atoms in total. The van der Waals surface area contributed by atoms with Crippen LogP contribution in [0, 0.1) is 0 Å². The molecule has 2 heterocycles. The number of benzene rings is 1. The molecule has 3 aromatic rings. The summed E-state index contributed by atoms with van der Waals surface area (Å²) in [6.07, 6.45) is 1.23. The molecule has 3 rings (SSSR count). The second kappa shape index (κ2) is 7.57. The van der Waals surface area contributed by atoms with E-state index < -0.39 is 24.0 Å². The maximum absolute atomic E-state index is 12.7. The van der Waals surface area contributed by atoms with Crippen LogP contribution in [0.2, 0.25) is 5.02 Å². The molecular weight excluding hydrogens is 386 g/mol. The first-order valence-corrected chi connectivity index (χ1v) is 8.47. The van der Waals surface area contributed by atoms with E-state index in [4.69, 9.17) is 28.2 Å². The molecule has 0 aliphatic rings. The van der Waals surface area contributed by atoms with Crippen molar-refractivity contribution in [2.45, 2.75) is 13.1 Å². The SMILES string of the molecule is Nc1cnc2c(cc(C(=O)NCc3ccc(Cl)cc3)c(=O)n2CC(=O)O)c1N. The van der Waals surface area contributed by atoms with Crippen LogP contribution < -0.4 is 22.3 Å². The molecule has 0 saturated heterocycles. The lowest BCUT2D eigenvalue weighted by Gasteiger charge is -2.13. The number of hydrogen-bond donors (Lipinski definition) is 4. The smallest absolute Gasteiger partial charge is 0.323 e. The number of aliphatic carboxylic acids is 1. The Morgan fingerprint density at radius 2 is 1.89 bits per heavy atom. The van der Waals surface area contributed by atoms with E-state index in [0.717, 1.165) is 10.1 Å². The highest BCUT2D eigenvalue weighted by molar-refractivity contribution is 6.30. The minimum atomic E-state index is -1.26. The maximum Gasteiger partial charge on any atom is 0.323 e. The molecule has 0 radical (unpaired) electrons. The van der Waals surface area contributed by atoms with Crippen molar-refractivity contribution in [3.05, 3.63) is 63.0 Å². The number of nitrogens with one attached hydrogen (secondary N) is 1. The van der Waals surface area contributed by atoms with E-state index in [2.05, 4.69) is 10.3 Å². The number of halogens is 1. The van der Waals surface area contributed by atoms with Gasteiger partial charge < -0.3 is 21.9 Å². The predicted molar refractivity (Wildman–Crippen MR) is 105 cm³/mol. The van der Waals surface area contributed by atoms with Gasteiger partial charge in [-0.2, -0.15) is 0 Å². The largest absolute Gasteiger partial charge is 0.480 e. The summed E-state index contributed by atoms with van der Waals surface area (Å²) in [4.78, 5) is 40.5. The number of carbonyl (C=O) groups excluding carboxylic acids is 1. The normalized spacial score (nSPS) is 10.8. The molecule has 10 heteroatoms. The Labute approximate surface area is 163 Å². The number of nitrogen functional groups attached to an aromatic ring is 2. The Bertz CT molecular complexity index is 1140. The number of carboxylic acid groups (broad SMARTS) is 1. The van der Waals surface area contributed by atoms with Gasteiger partial charge in [0, 0.05) is 17.0 Å². The van der Waals surface area contributed by atoms with E-state index in [-0.39, 0.29) is 34.5 Å². The molecule has 0 aliphatic carbocycles. The molecule has 28 heavy (non-hydrogen) atoms. The van der Waals surface area contributed by atoms with Crippen LogP contribution in [0.15, 0.2) is 41.3 Å². The fourth-order valence-corrected chi connectivity index (χ4v) is 2.80. The van der Waals surface area contributed by atoms with Gasteiger partial charge in [0.15, 0.2) is 0 Å². The van der Waals surface area contributed by atoms with Gasteiger partial charge in [0.2, 0.25) is 0 Å². The zero-order valence-corrected chi connectivity index (χ0v) is 15.2. The van der Waals surface area contributed by atoms with Gasteiger partial charge in [-0.05, 0) is 23.8 Å². The Balaban J connectivity index is 2.04. The summed E-state index contributed by atoms with van der Waals surface area (Å²) in [6, 6.07) is 8.08. The van der Waals surface area contributed by atoms with E-state index in [1.165, 1.54) is 12.3 Å². The van der Waals surface area contributed by atoms with Crippen LogP contribution in [0.1, 0.15) is 15.9 Å². The number of nitrogens with two attached hydrogens (primary N) is 2. The number of carboxylic acids is 1. The second-order valence-electron chi connectivity index (χ2n) is 6.02. The highest BCUT2D eigenvalue weighted by atomic mass is 35.5. The standard InChI is InChI=1S/C18H16ClN5O4/c19-10-3-1-9(2-4-10)6-23-17(27)12-5-11-15(21)13(20)7-22-16(11)24(18(12)28)8-14(25)26/h1-5,7H,6,8,20H2,(H2,21,22)(H,23,27)(H,25,26). The highest BCUT2D eigenvalue weighted by Crippen LogP contribution is 2.24. The molecule has 0 atom stereocenters. The van der Waals surface area contributed by atoms with Gasteiger partial charge in [-0.15, -0.1) is 0 Å². The topological polar surface area (TPSA) is 153 Å². The molecular formula is C18H16ClN5O4. The summed E-state index contributed by atoms with van der Waals surface area (Å²) in [6.45, 7) is -0.527. The van der Waals surface area contributed by atoms with Crippen molar-refractivity contribution >= 4 is 45.9 Å².